The summed E-state index contributed by atoms with van der Waals surface area (Å²) in [4.78, 5) is 21.4. The van der Waals surface area contributed by atoms with Crippen LogP contribution in [0.1, 0.15) is 41.4 Å². The summed E-state index contributed by atoms with van der Waals surface area (Å²) in [7, 11) is 1.64. The number of fused-ring (bicyclic) bond motifs is 1. The van der Waals surface area contributed by atoms with Gasteiger partial charge in [-0.15, -0.1) is 5.10 Å². The van der Waals surface area contributed by atoms with Crippen LogP contribution < -0.4 is 15.2 Å². The molecule has 1 N–H and O–H groups in total. The maximum absolute atomic E-state index is 13.6. The molecule has 0 radical (unpaired) electrons. The quantitative estimate of drug-likeness (QED) is 0.390. The minimum absolute atomic E-state index is 0.0770. The van der Waals surface area contributed by atoms with E-state index in [0.29, 0.717) is 17.9 Å². The minimum Gasteiger partial charge on any atom is -0.497 e. The number of piperazine rings is 1. The van der Waals surface area contributed by atoms with Crippen LogP contribution in [0.4, 0.5) is 5.69 Å². The molecule has 0 unspecified atom stereocenters. The molecule has 10 heteroatoms. The smallest absolute Gasteiger partial charge is 0.253 e. The second-order valence-electron chi connectivity index (χ2n) is 10.6. The van der Waals surface area contributed by atoms with Gasteiger partial charge >= 0.3 is 0 Å². The van der Waals surface area contributed by atoms with Crippen LogP contribution in [0.25, 0.3) is 10.9 Å². The fourth-order valence-corrected chi connectivity index (χ4v) is 5.83. The Hall–Kier alpha value is -3.76. The Kier molecular flexibility index (Phi) is 7.05. The molecular formula is C29H35N7O3. The third-order valence-electron chi connectivity index (χ3n) is 7.96. The van der Waals surface area contributed by atoms with Crippen molar-refractivity contribution in [2.45, 2.75) is 45.4 Å². The zero-order valence-electron chi connectivity index (χ0n) is 22.8. The molecule has 2 aromatic heterocycles. The highest BCUT2D eigenvalue weighted by Crippen LogP contribution is 2.31. The molecule has 6 rings (SSSR count). The van der Waals surface area contributed by atoms with Gasteiger partial charge in [0.1, 0.15) is 11.8 Å². The predicted molar refractivity (Wildman–Crippen MR) is 149 cm³/mol. The lowest BCUT2D eigenvalue weighted by Gasteiger charge is -2.40. The molecule has 0 amide bonds. The van der Waals surface area contributed by atoms with E-state index in [-0.39, 0.29) is 11.7 Å². The predicted octanol–water partition coefficient (Wildman–Crippen LogP) is 3.23. The standard InChI is InChI=1S/C29H35N7O3/c1-19-6-7-20(2)26(15-19)34-10-12-35(13-11-34)27(28-31-32-33-36(28)18-23-5-4-14-39-23)24-17-21-16-22(38-3)8-9-25(21)30-29(24)37/h6-9,15-17,23,27H,4-5,10-14,18H2,1-3H3,(H,30,37)/t23-,27+/m0/s1. The van der Waals surface area contributed by atoms with E-state index in [2.05, 4.69) is 62.4 Å². The summed E-state index contributed by atoms with van der Waals surface area (Å²) >= 11 is 0. The van der Waals surface area contributed by atoms with E-state index in [1.807, 2.05) is 28.9 Å². The number of aromatic amines is 1. The zero-order valence-corrected chi connectivity index (χ0v) is 22.8. The number of aromatic nitrogens is 5. The summed E-state index contributed by atoms with van der Waals surface area (Å²) in [5.74, 6) is 1.40. The monoisotopic (exact) mass is 529 g/mol. The number of hydrogen-bond donors (Lipinski definition) is 1. The van der Waals surface area contributed by atoms with Crippen molar-refractivity contribution in [3.05, 3.63) is 75.3 Å². The summed E-state index contributed by atoms with van der Waals surface area (Å²) in [6.07, 6.45) is 2.10. The zero-order chi connectivity index (χ0) is 26.9. The molecule has 2 saturated heterocycles. The molecule has 2 aliphatic heterocycles. The third-order valence-corrected chi connectivity index (χ3v) is 7.96. The Morgan fingerprint density at radius 1 is 1.10 bits per heavy atom. The molecule has 10 nitrogen and oxygen atoms in total. The Morgan fingerprint density at radius 3 is 2.72 bits per heavy atom. The highest BCUT2D eigenvalue weighted by Gasteiger charge is 2.34. The largest absolute Gasteiger partial charge is 0.497 e. The second-order valence-corrected chi connectivity index (χ2v) is 10.6. The van der Waals surface area contributed by atoms with Crippen molar-refractivity contribution in [2.75, 3.05) is 44.8 Å². The SMILES string of the molecule is COc1ccc2[nH]c(=O)c([C@H](c3nnnn3C[C@@H]3CCCO3)N3CCN(c4cc(C)ccc4C)CC3)cc2c1. The number of rotatable bonds is 7. The van der Waals surface area contributed by atoms with Crippen molar-refractivity contribution in [1.29, 1.82) is 0 Å². The van der Waals surface area contributed by atoms with Gasteiger partial charge in [-0.05, 0) is 78.6 Å². The molecule has 39 heavy (non-hydrogen) atoms. The highest BCUT2D eigenvalue weighted by molar-refractivity contribution is 5.80. The first-order chi connectivity index (χ1) is 19.0. The number of methoxy groups -OCH3 is 1. The van der Waals surface area contributed by atoms with Gasteiger partial charge in [0.05, 0.1) is 19.8 Å². The normalized spacial score (nSPS) is 19.1. The lowest BCUT2D eigenvalue weighted by atomic mass is 10.0. The van der Waals surface area contributed by atoms with Crippen molar-refractivity contribution >= 4 is 16.6 Å². The average Bonchev–Trinajstić information content (AvgIpc) is 3.63. The van der Waals surface area contributed by atoms with Crippen LogP contribution in [0.2, 0.25) is 0 Å². The number of nitrogens with zero attached hydrogens (tertiary/aromatic N) is 6. The van der Waals surface area contributed by atoms with Gasteiger partial charge in [0.15, 0.2) is 5.82 Å². The number of H-pyrrole nitrogens is 1. The Morgan fingerprint density at radius 2 is 1.95 bits per heavy atom. The number of anilines is 1. The van der Waals surface area contributed by atoms with E-state index in [0.717, 1.165) is 62.3 Å². The third kappa shape index (κ3) is 5.14. The van der Waals surface area contributed by atoms with Crippen LogP contribution in [0.15, 0.2) is 47.3 Å². The van der Waals surface area contributed by atoms with Crippen LogP contribution in [-0.4, -0.2) is 76.1 Å². The van der Waals surface area contributed by atoms with E-state index in [1.165, 1.54) is 16.8 Å². The van der Waals surface area contributed by atoms with Gasteiger partial charge in [0, 0.05) is 54.9 Å². The van der Waals surface area contributed by atoms with Crippen molar-refractivity contribution in [3.8, 4) is 5.75 Å². The topological polar surface area (TPSA) is 101 Å². The fourth-order valence-electron chi connectivity index (χ4n) is 5.83. The van der Waals surface area contributed by atoms with Gasteiger partial charge in [-0.25, -0.2) is 4.68 Å². The molecular weight excluding hydrogens is 494 g/mol. The number of hydrogen-bond acceptors (Lipinski definition) is 8. The molecule has 2 fully saturated rings. The first-order valence-corrected chi connectivity index (χ1v) is 13.6. The highest BCUT2D eigenvalue weighted by atomic mass is 16.5. The number of benzene rings is 2. The van der Waals surface area contributed by atoms with Gasteiger partial charge in [-0.2, -0.15) is 0 Å². The molecule has 2 atom stereocenters. The van der Waals surface area contributed by atoms with E-state index in [4.69, 9.17) is 9.47 Å². The number of ether oxygens (including phenoxy) is 2. The van der Waals surface area contributed by atoms with E-state index >= 15 is 0 Å². The number of nitrogens with one attached hydrogen (secondary N) is 1. The van der Waals surface area contributed by atoms with Crippen molar-refractivity contribution < 1.29 is 9.47 Å². The van der Waals surface area contributed by atoms with Crippen LogP contribution in [0.3, 0.4) is 0 Å². The summed E-state index contributed by atoms with van der Waals surface area (Å²) in [5.41, 5.74) is 5.04. The van der Waals surface area contributed by atoms with Crippen LogP contribution in [-0.2, 0) is 11.3 Å². The van der Waals surface area contributed by atoms with Gasteiger partial charge in [-0.1, -0.05) is 12.1 Å². The molecule has 0 spiro atoms. The van der Waals surface area contributed by atoms with Crippen LogP contribution in [0.5, 0.6) is 5.75 Å². The minimum atomic E-state index is -0.401. The molecule has 2 aromatic carbocycles. The Labute approximate surface area is 227 Å². The first-order valence-electron chi connectivity index (χ1n) is 13.6. The first kappa shape index (κ1) is 25.5. The average molecular weight is 530 g/mol. The van der Waals surface area contributed by atoms with Gasteiger partial charge in [0.2, 0.25) is 0 Å². The number of tetrazole rings is 1. The lowest BCUT2D eigenvalue weighted by Crippen LogP contribution is -2.49. The number of pyridine rings is 1. The molecule has 0 bridgehead atoms. The summed E-state index contributed by atoms with van der Waals surface area (Å²) < 4.78 is 13.2. The molecule has 0 saturated carbocycles. The second kappa shape index (κ2) is 10.8. The van der Waals surface area contributed by atoms with Gasteiger partial charge in [0.25, 0.3) is 5.56 Å². The summed E-state index contributed by atoms with van der Waals surface area (Å²) in [6.45, 7) is 8.83. The van der Waals surface area contributed by atoms with E-state index in [9.17, 15) is 4.79 Å². The molecule has 204 valence electrons. The Balaban J connectivity index is 1.37. The Bertz CT molecular complexity index is 1520. The maximum Gasteiger partial charge on any atom is 0.253 e. The summed E-state index contributed by atoms with van der Waals surface area (Å²) in [6, 6.07) is 13.8. The van der Waals surface area contributed by atoms with Crippen molar-refractivity contribution in [1.82, 2.24) is 30.1 Å². The van der Waals surface area contributed by atoms with E-state index in [1.54, 1.807) is 7.11 Å². The molecule has 4 heterocycles. The fraction of sp³-hybridized carbons (Fsp3) is 0.448. The molecule has 2 aliphatic rings. The van der Waals surface area contributed by atoms with Gasteiger partial charge < -0.3 is 19.4 Å². The van der Waals surface area contributed by atoms with Crippen LogP contribution in [0, 0.1) is 13.8 Å². The molecule has 0 aliphatic carbocycles. The maximum atomic E-state index is 13.6. The van der Waals surface area contributed by atoms with Gasteiger partial charge in [-0.3, -0.25) is 9.69 Å². The summed E-state index contributed by atoms with van der Waals surface area (Å²) in [5, 5.41) is 13.8. The number of aryl methyl sites for hydroxylation is 2. The van der Waals surface area contributed by atoms with Crippen LogP contribution >= 0.6 is 0 Å². The molecule has 4 aromatic rings. The lowest BCUT2D eigenvalue weighted by molar-refractivity contribution is 0.0906. The van der Waals surface area contributed by atoms with E-state index < -0.39 is 6.04 Å². The van der Waals surface area contributed by atoms with Crippen molar-refractivity contribution in [2.24, 2.45) is 0 Å². The van der Waals surface area contributed by atoms with Crippen molar-refractivity contribution in [3.63, 3.8) is 0 Å².